The van der Waals surface area contributed by atoms with Crippen molar-refractivity contribution in [2.24, 2.45) is 0 Å². The molecule has 14 heavy (non-hydrogen) atoms. The third-order valence-electron chi connectivity index (χ3n) is 2.02. The van der Waals surface area contributed by atoms with E-state index in [0.717, 1.165) is 0 Å². The third-order valence-corrected chi connectivity index (χ3v) is 2.02. The molecule has 1 rings (SSSR count). The number of amides is 1. The summed E-state index contributed by atoms with van der Waals surface area (Å²) in [7, 11) is 1.51. The summed E-state index contributed by atoms with van der Waals surface area (Å²) in [5.74, 6) is -0.0768. The van der Waals surface area contributed by atoms with E-state index in [1.54, 1.807) is 0 Å². The molecule has 0 aromatic heterocycles. The molecule has 82 valence electrons. The second-order valence-corrected chi connectivity index (χ2v) is 3.57. The lowest BCUT2D eigenvalue weighted by Crippen LogP contribution is -2.39. The van der Waals surface area contributed by atoms with Crippen LogP contribution in [0.3, 0.4) is 0 Å². The first-order chi connectivity index (χ1) is 6.72. The van der Waals surface area contributed by atoms with Crippen molar-refractivity contribution in [1.82, 2.24) is 10.6 Å². The lowest BCUT2D eigenvalue weighted by molar-refractivity contribution is -0.120. The van der Waals surface area contributed by atoms with Crippen molar-refractivity contribution in [2.75, 3.05) is 26.8 Å². The van der Waals surface area contributed by atoms with E-state index in [4.69, 9.17) is 4.74 Å². The fourth-order valence-corrected chi connectivity index (χ4v) is 1.07. The Kier molecular flexibility index (Phi) is 4.86. The maximum atomic E-state index is 11.2. The highest BCUT2D eigenvalue weighted by molar-refractivity contribution is 5.78. The Balaban J connectivity index is 1.95. The van der Waals surface area contributed by atoms with Crippen LogP contribution in [0.4, 0.5) is 0 Å². The molecule has 0 bridgehead atoms. The number of methoxy groups -OCH3 is 1. The molecule has 0 aromatic rings. The van der Waals surface area contributed by atoms with E-state index in [-0.39, 0.29) is 19.1 Å². The van der Waals surface area contributed by atoms with Gasteiger partial charge in [0.15, 0.2) is 0 Å². The summed E-state index contributed by atoms with van der Waals surface area (Å²) < 4.78 is 4.73. The minimum Gasteiger partial charge on any atom is -0.389 e. The van der Waals surface area contributed by atoms with E-state index in [2.05, 4.69) is 10.6 Å². The summed E-state index contributed by atoms with van der Waals surface area (Å²) in [6.45, 7) is 0.833. The van der Waals surface area contributed by atoms with Crippen molar-refractivity contribution in [3.8, 4) is 0 Å². The Morgan fingerprint density at radius 2 is 2.36 bits per heavy atom. The molecular formula is C9H18N2O3. The molecule has 1 saturated carbocycles. The Labute approximate surface area is 83.8 Å². The van der Waals surface area contributed by atoms with E-state index in [1.165, 1.54) is 20.0 Å². The molecule has 0 aromatic carbocycles. The zero-order valence-electron chi connectivity index (χ0n) is 8.45. The molecule has 3 N–H and O–H groups in total. The van der Waals surface area contributed by atoms with Crippen LogP contribution in [-0.2, 0) is 9.53 Å². The molecule has 1 aliphatic rings. The topological polar surface area (TPSA) is 70.6 Å². The number of ether oxygens (including phenoxy) is 1. The average molecular weight is 202 g/mol. The van der Waals surface area contributed by atoms with E-state index in [9.17, 15) is 9.90 Å². The first-order valence-corrected chi connectivity index (χ1v) is 4.89. The molecule has 0 aliphatic heterocycles. The van der Waals surface area contributed by atoms with Crippen molar-refractivity contribution in [3.63, 3.8) is 0 Å². The molecule has 1 amide bonds. The van der Waals surface area contributed by atoms with Gasteiger partial charge in [0.1, 0.15) is 0 Å². The normalized spacial score (nSPS) is 17.9. The van der Waals surface area contributed by atoms with Crippen molar-refractivity contribution in [3.05, 3.63) is 0 Å². The standard InChI is InChI=1S/C9H18N2O3/c1-14-6-8(12)4-11-9(13)5-10-7-2-3-7/h7-8,10,12H,2-6H2,1H3,(H,11,13). The van der Waals surface area contributed by atoms with E-state index in [0.29, 0.717) is 12.6 Å². The maximum Gasteiger partial charge on any atom is 0.234 e. The van der Waals surface area contributed by atoms with Gasteiger partial charge in [-0.1, -0.05) is 0 Å². The van der Waals surface area contributed by atoms with Crippen LogP contribution >= 0.6 is 0 Å². The van der Waals surface area contributed by atoms with Crippen LogP contribution in [0.25, 0.3) is 0 Å². The molecular weight excluding hydrogens is 184 g/mol. The Hall–Kier alpha value is -0.650. The smallest absolute Gasteiger partial charge is 0.234 e. The van der Waals surface area contributed by atoms with Gasteiger partial charge in [-0.05, 0) is 12.8 Å². The monoisotopic (exact) mass is 202 g/mol. The maximum absolute atomic E-state index is 11.2. The molecule has 5 nitrogen and oxygen atoms in total. The molecule has 1 aliphatic carbocycles. The highest BCUT2D eigenvalue weighted by atomic mass is 16.5. The van der Waals surface area contributed by atoms with Crippen molar-refractivity contribution >= 4 is 5.91 Å². The van der Waals surface area contributed by atoms with Crippen LogP contribution in [0.1, 0.15) is 12.8 Å². The number of nitrogens with one attached hydrogen (secondary N) is 2. The number of carbonyl (C=O) groups is 1. The summed E-state index contributed by atoms with van der Waals surface area (Å²) in [6, 6.07) is 0.532. The molecule has 1 unspecified atom stereocenters. The van der Waals surface area contributed by atoms with Gasteiger partial charge < -0.3 is 20.5 Å². The predicted molar refractivity (Wildman–Crippen MR) is 51.9 cm³/mol. The summed E-state index contributed by atoms with van der Waals surface area (Å²) in [4.78, 5) is 11.2. The quantitative estimate of drug-likeness (QED) is 0.488. The highest BCUT2D eigenvalue weighted by Crippen LogP contribution is 2.17. The fourth-order valence-electron chi connectivity index (χ4n) is 1.07. The SMILES string of the molecule is COCC(O)CNC(=O)CNC1CC1. The molecule has 0 spiro atoms. The van der Waals surface area contributed by atoms with Crippen molar-refractivity contribution in [2.45, 2.75) is 25.0 Å². The van der Waals surface area contributed by atoms with Gasteiger partial charge in [0.05, 0.1) is 19.3 Å². The van der Waals surface area contributed by atoms with Gasteiger partial charge in [-0.2, -0.15) is 0 Å². The molecule has 1 atom stereocenters. The molecule has 1 fully saturated rings. The van der Waals surface area contributed by atoms with Gasteiger partial charge in [0.25, 0.3) is 0 Å². The first-order valence-electron chi connectivity index (χ1n) is 4.89. The fraction of sp³-hybridized carbons (Fsp3) is 0.889. The van der Waals surface area contributed by atoms with E-state index in [1.807, 2.05) is 0 Å². The Bertz CT molecular complexity index is 183. The number of hydrogen-bond acceptors (Lipinski definition) is 4. The van der Waals surface area contributed by atoms with Crippen LogP contribution in [0.15, 0.2) is 0 Å². The van der Waals surface area contributed by atoms with Gasteiger partial charge in [0.2, 0.25) is 5.91 Å². The van der Waals surface area contributed by atoms with E-state index >= 15 is 0 Å². The van der Waals surface area contributed by atoms with Crippen LogP contribution in [0, 0.1) is 0 Å². The van der Waals surface area contributed by atoms with Gasteiger partial charge >= 0.3 is 0 Å². The lowest BCUT2D eigenvalue weighted by atomic mass is 10.3. The van der Waals surface area contributed by atoms with Gasteiger partial charge in [0, 0.05) is 19.7 Å². The van der Waals surface area contributed by atoms with Gasteiger partial charge in [-0.3, -0.25) is 4.79 Å². The number of aliphatic hydroxyl groups is 1. The zero-order valence-corrected chi connectivity index (χ0v) is 8.45. The number of hydrogen-bond donors (Lipinski definition) is 3. The second-order valence-electron chi connectivity index (χ2n) is 3.57. The summed E-state index contributed by atoms with van der Waals surface area (Å²) in [6.07, 6.45) is 1.71. The second kappa shape index (κ2) is 5.95. The van der Waals surface area contributed by atoms with Crippen LogP contribution in [0.2, 0.25) is 0 Å². The van der Waals surface area contributed by atoms with Crippen LogP contribution in [0.5, 0.6) is 0 Å². The first kappa shape index (κ1) is 11.4. The highest BCUT2D eigenvalue weighted by Gasteiger charge is 2.21. The minimum atomic E-state index is -0.620. The minimum absolute atomic E-state index is 0.0768. The largest absolute Gasteiger partial charge is 0.389 e. The summed E-state index contributed by atoms with van der Waals surface area (Å²) in [5, 5.41) is 14.9. The molecule has 0 heterocycles. The lowest BCUT2D eigenvalue weighted by Gasteiger charge is -2.10. The van der Waals surface area contributed by atoms with Gasteiger partial charge in [-0.15, -0.1) is 0 Å². The van der Waals surface area contributed by atoms with E-state index < -0.39 is 6.10 Å². The third kappa shape index (κ3) is 5.16. The summed E-state index contributed by atoms with van der Waals surface area (Å²) in [5.41, 5.74) is 0. The number of rotatable bonds is 7. The number of carbonyl (C=O) groups excluding carboxylic acids is 1. The summed E-state index contributed by atoms with van der Waals surface area (Å²) >= 11 is 0. The van der Waals surface area contributed by atoms with Crippen molar-refractivity contribution < 1.29 is 14.6 Å². The number of aliphatic hydroxyl groups excluding tert-OH is 1. The molecule has 5 heteroatoms. The Morgan fingerprint density at radius 3 is 2.93 bits per heavy atom. The predicted octanol–water partition coefficient (Wildman–Crippen LogP) is -1.14. The van der Waals surface area contributed by atoms with Crippen molar-refractivity contribution in [1.29, 1.82) is 0 Å². The molecule has 0 saturated heterocycles. The molecule has 0 radical (unpaired) electrons. The Morgan fingerprint density at radius 1 is 1.64 bits per heavy atom. The van der Waals surface area contributed by atoms with Gasteiger partial charge in [-0.25, -0.2) is 0 Å². The van der Waals surface area contributed by atoms with Crippen LogP contribution in [-0.4, -0.2) is 50.0 Å². The van der Waals surface area contributed by atoms with Crippen LogP contribution < -0.4 is 10.6 Å². The zero-order chi connectivity index (χ0) is 10.4. The average Bonchev–Trinajstić information content (AvgIpc) is 2.95.